The van der Waals surface area contributed by atoms with Crippen LogP contribution in [0.2, 0.25) is 0 Å². The van der Waals surface area contributed by atoms with Gasteiger partial charge in [0.05, 0.1) is 0 Å². The quantitative estimate of drug-likeness (QED) is 0.871. The summed E-state index contributed by atoms with van der Waals surface area (Å²) in [5.74, 6) is 1.35. The molecule has 2 aliphatic heterocycles. The van der Waals surface area contributed by atoms with Gasteiger partial charge in [0.1, 0.15) is 0 Å². The maximum atomic E-state index is 5.56. The highest BCUT2D eigenvalue weighted by molar-refractivity contribution is 5.28. The van der Waals surface area contributed by atoms with Gasteiger partial charge in [-0.05, 0) is 43.8 Å². The van der Waals surface area contributed by atoms with Gasteiger partial charge < -0.3 is 14.8 Å². The van der Waals surface area contributed by atoms with E-state index in [1.807, 2.05) is 6.92 Å². The molecule has 2 fully saturated rings. The molecule has 0 saturated carbocycles. The van der Waals surface area contributed by atoms with Gasteiger partial charge in [0.2, 0.25) is 0 Å². The van der Waals surface area contributed by atoms with Crippen molar-refractivity contribution in [3.63, 3.8) is 0 Å². The molecule has 3 rings (SSSR count). The summed E-state index contributed by atoms with van der Waals surface area (Å²) in [5, 5.41) is 3.45. The predicted octanol–water partition coefficient (Wildman–Crippen LogP) is 2.79. The van der Waals surface area contributed by atoms with Gasteiger partial charge in [-0.1, -0.05) is 31.2 Å². The zero-order valence-corrected chi connectivity index (χ0v) is 11.1. The van der Waals surface area contributed by atoms with Gasteiger partial charge in [-0.3, -0.25) is 0 Å². The van der Waals surface area contributed by atoms with Crippen molar-refractivity contribution in [3.05, 3.63) is 35.4 Å². The number of hydrogen-bond donors (Lipinski definition) is 1. The Morgan fingerprint density at radius 3 is 2.67 bits per heavy atom. The molecule has 2 atom stereocenters. The van der Waals surface area contributed by atoms with E-state index in [4.69, 9.17) is 9.47 Å². The molecule has 1 aromatic rings. The number of hydrogen-bond acceptors (Lipinski definition) is 3. The normalized spacial score (nSPS) is 36.1. The first-order valence-electron chi connectivity index (χ1n) is 6.85. The van der Waals surface area contributed by atoms with Crippen LogP contribution >= 0.6 is 0 Å². The van der Waals surface area contributed by atoms with E-state index in [2.05, 4.69) is 36.5 Å². The van der Waals surface area contributed by atoms with Crippen molar-refractivity contribution in [1.29, 1.82) is 0 Å². The first-order valence-corrected chi connectivity index (χ1v) is 6.85. The number of ether oxygens (including phenoxy) is 2. The summed E-state index contributed by atoms with van der Waals surface area (Å²) in [6.45, 7) is 6.48. The van der Waals surface area contributed by atoms with Crippen LogP contribution in [-0.2, 0) is 9.47 Å². The largest absolute Gasteiger partial charge is 0.320 e. The topological polar surface area (TPSA) is 30.5 Å². The zero-order valence-electron chi connectivity index (χ0n) is 11.1. The van der Waals surface area contributed by atoms with Crippen molar-refractivity contribution in [2.24, 2.45) is 5.92 Å². The van der Waals surface area contributed by atoms with Crippen LogP contribution in [-0.4, -0.2) is 19.4 Å². The Bertz CT molecular complexity index is 415. The molecule has 0 unspecified atom stereocenters. The first kappa shape index (κ1) is 12.2. The van der Waals surface area contributed by atoms with E-state index in [0.29, 0.717) is 11.8 Å². The van der Waals surface area contributed by atoms with Crippen LogP contribution in [0.3, 0.4) is 0 Å². The summed E-state index contributed by atoms with van der Waals surface area (Å²) >= 11 is 0. The maximum absolute atomic E-state index is 5.56. The standard InChI is InChI=1S/C15H21NO2/c1-10-9-16-7-6-14(10)12-4-3-5-13(8-12)15-17-11(2)18-15/h3-5,8,10-11,14-16H,6-7,9H2,1-2H3/t10-,11?,14-,15?/m1/s1. The molecule has 98 valence electrons. The summed E-state index contributed by atoms with van der Waals surface area (Å²) in [6.07, 6.45) is 1.00. The van der Waals surface area contributed by atoms with Crippen molar-refractivity contribution >= 4 is 0 Å². The number of piperidine rings is 1. The lowest BCUT2D eigenvalue weighted by Gasteiger charge is -2.35. The molecule has 2 heterocycles. The highest BCUT2D eigenvalue weighted by Gasteiger charge is 2.29. The fourth-order valence-corrected chi connectivity index (χ4v) is 2.96. The minimum atomic E-state index is -0.156. The van der Waals surface area contributed by atoms with Gasteiger partial charge in [-0.2, -0.15) is 0 Å². The van der Waals surface area contributed by atoms with Crippen LogP contribution in [0.4, 0.5) is 0 Å². The van der Waals surface area contributed by atoms with E-state index in [-0.39, 0.29) is 12.6 Å². The van der Waals surface area contributed by atoms with Gasteiger partial charge in [0.15, 0.2) is 12.6 Å². The molecule has 0 bridgehead atoms. The third kappa shape index (κ3) is 2.30. The van der Waals surface area contributed by atoms with E-state index in [1.165, 1.54) is 12.0 Å². The van der Waals surface area contributed by atoms with E-state index in [1.54, 1.807) is 0 Å². The van der Waals surface area contributed by atoms with Crippen LogP contribution in [0.1, 0.15) is 43.6 Å². The van der Waals surface area contributed by atoms with Gasteiger partial charge >= 0.3 is 0 Å². The minimum Gasteiger partial charge on any atom is -0.320 e. The zero-order chi connectivity index (χ0) is 12.5. The number of nitrogens with one attached hydrogen (secondary N) is 1. The smallest absolute Gasteiger partial charge is 0.189 e. The molecule has 2 aliphatic rings. The third-order valence-electron chi connectivity index (χ3n) is 4.03. The molecule has 0 radical (unpaired) electrons. The van der Waals surface area contributed by atoms with Crippen LogP contribution in [0.15, 0.2) is 24.3 Å². The summed E-state index contributed by atoms with van der Waals surface area (Å²) < 4.78 is 11.1. The average Bonchev–Trinajstić information content (AvgIpc) is 2.36. The Kier molecular flexibility index (Phi) is 3.37. The molecular formula is C15H21NO2. The molecule has 1 aromatic carbocycles. The van der Waals surface area contributed by atoms with Crippen molar-refractivity contribution in [2.75, 3.05) is 13.1 Å². The van der Waals surface area contributed by atoms with Gasteiger partial charge in [0.25, 0.3) is 0 Å². The molecule has 3 nitrogen and oxygen atoms in total. The molecular weight excluding hydrogens is 226 g/mol. The average molecular weight is 247 g/mol. The third-order valence-corrected chi connectivity index (χ3v) is 4.03. The summed E-state index contributed by atoms with van der Waals surface area (Å²) in [4.78, 5) is 0. The Balaban J connectivity index is 1.77. The van der Waals surface area contributed by atoms with Gasteiger partial charge in [-0.25, -0.2) is 0 Å². The second-order valence-corrected chi connectivity index (χ2v) is 5.42. The van der Waals surface area contributed by atoms with Crippen molar-refractivity contribution < 1.29 is 9.47 Å². The van der Waals surface area contributed by atoms with Crippen LogP contribution in [0.5, 0.6) is 0 Å². The molecule has 0 amide bonds. The SMILES string of the molecule is CC1OC(c2cccc([C@@H]3CCNC[C@H]3C)c2)O1. The fraction of sp³-hybridized carbons (Fsp3) is 0.600. The van der Waals surface area contributed by atoms with Crippen LogP contribution in [0.25, 0.3) is 0 Å². The van der Waals surface area contributed by atoms with Crippen molar-refractivity contribution in [1.82, 2.24) is 5.32 Å². The molecule has 0 spiro atoms. The monoisotopic (exact) mass is 247 g/mol. The fourth-order valence-electron chi connectivity index (χ4n) is 2.96. The molecule has 2 saturated heterocycles. The number of benzene rings is 1. The Morgan fingerprint density at radius 1 is 1.17 bits per heavy atom. The molecule has 0 aromatic heterocycles. The van der Waals surface area contributed by atoms with E-state index in [9.17, 15) is 0 Å². The van der Waals surface area contributed by atoms with Crippen molar-refractivity contribution in [3.8, 4) is 0 Å². The molecule has 18 heavy (non-hydrogen) atoms. The highest BCUT2D eigenvalue weighted by Crippen LogP contribution is 2.35. The Morgan fingerprint density at radius 2 is 1.94 bits per heavy atom. The highest BCUT2D eigenvalue weighted by atomic mass is 16.9. The molecule has 1 N–H and O–H groups in total. The summed E-state index contributed by atoms with van der Waals surface area (Å²) in [7, 11) is 0. The second kappa shape index (κ2) is 5.00. The minimum absolute atomic E-state index is 0.0588. The van der Waals surface area contributed by atoms with Gasteiger partial charge in [-0.15, -0.1) is 0 Å². The molecule has 0 aliphatic carbocycles. The Hall–Kier alpha value is -0.900. The van der Waals surface area contributed by atoms with E-state index < -0.39 is 0 Å². The first-order chi connectivity index (χ1) is 8.74. The van der Waals surface area contributed by atoms with Crippen LogP contribution in [0, 0.1) is 5.92 Å². The lowest BCUT2D eigenvalue weighted by atomic mass is 9.82. The van der Waals surface area contributed by atoms with Crippen molar-refractivity contribution in [2.45, 2.75) is 38.8 Å². The lowest BCUT2D eigenvalue weighted by molar-refractivity contribution is -0.382. The Labute approximate surface area is 108 Å². The number of rotatable bonds is 2. The maximum Gasteiger partial charge on any atom is 0.189 e. The molecule has 3 heteroatoms. The van der Waals surface area contributed by atoms with E-state index >= 15 is 0 Å². The van der Waals surface area contributed by atoms with Gasteiger partial charge in [0, 0.05) is 5.56 Å². The summed E-state index contributed by atoms with van der Waals surface area (Å²) in [6, 6.07) is 8.70. The predicted molar refractivity (Wildman–Crippen MR) is 70.2 cm³/mol. The lowest BCUT2D eigenvalue weighted by Crippen LogP contribution is -2.34. The van der Waals surface area contributed by atoms with E-state index in [0.717, 1.165) is 18.7 Å². The van der Waals surface area contributed by atoms with Crippen LogP contribution < -0.4 is 5.32 Å². The second-order valence-electron chi connectivity index (χ2n) is 5.42. The summed E-state index contributed by atoms with van der Waals surface area (Å²) in [5.41, 5.74) is 2.57.